The smallest absolute Gasteiger partial charge is 0.243 e. The van der Waals surface area contributed by atoms with Crippen LogP contribution in [0.15, 0.2) is 24.3 Å². The highest BCUT2D eigenvalue weighted by Crippen LogP contribution is 2.25. The van der Waals surface area contributed by atoms with Gasteiger partial charge < -0.3 is 9.64 Å². The van der Waals surface area contributed by atoms with Crippen molar-refractivity contribution >= 4 is 11.6 Å². The number of hydrogen-bond donors (Lipinski definition) is 1. The Morgan fingerprint density at radius 1 is 1.37 bits per heavy atom. The third-order valence-electron chi connectivity index (χ3n) is 3.26. The molecule has 1 aromatic carbocycles. The summed E-state index contributed by atoms with van der Waals surface area (Å²) in [5.41, 5.74) is 0.848. The largest absolute Gasteiger partial charge is 0.494 e. The Morgan fingerprint density at radius 2 is 2.00 bits per heavy atom. The fourth-order valence-corrected chi connectivity index (χ4v) is 2.51. The van der Waals surface area contributed by atoms with Crippen LogP contribution < -0.4 is 15.0 Å². The topological polar surface area (TPSA) is 41.6 Å². The monoisotopic (exact) mass is 262 g/mol. The summed E-state index contributed by atoms with van der Waals surface area (Å²) in [6.07, 6.45) is 0. The summed E-state index contributed by atoms with van der Waals surface area (Å²) in [6, 6.07) is 7.54. The fourth-order valence-electron chi connectivity index (χ4n) is 2.51. The van der Waals surface area contributed by atoms with Gasteiger partial charge in [-0.15, -0.1) is 0 Å². The van der Waals surface area contributed by atoms with Gasteiger partial charge in [0.1, 0.15) is 5.75 Å². The molecule has 0 aromatic heterocycles. The summed E-state index contributed by atoms with van der Waals surface area (Å²) >= 11 is 0. The van der Waals surface area contributed by atoms with Crippen LogP contribution in [-0.2, 0) is 4.79 Å². The van der Waals surface area contributed by atoms with Crippen molar-refractivity contribution in [3.05, 3.63) is 24.3 Å². The van der Waals surface area contributed by atoms with Crippen molar-refractivity contribution < 1.29 is 9.53 Å². The van der Waals surface area contributed by atoms with Crippen LogP contribution in [0.4, 0.5) is 5.69 Å². The minimum absolute atomic E-state index is 0.0775. The lowest BCUT2D eigenvalue weighted by Crippen LogP contribution is -2.64. The zero-order chi connectivity index (χ0) is 14.0. The van der Waals surface area contributed by atoms with Gasteiger partial charge in [0.15, 0.2) is 0 Å². The Bertz CT molecular complexity index is 454. The van der Waals surface area contributed by atoms with Crippen LogP contribution in [0.1, 0.15) is 27.7 Å². The van der Waals surface area contributed by atoms with Crippen LogP contribution in [0.25, 0.3) is 0 Å². The SMILES string of the molecule is CCOc1ccc(N2CC(C)(C)NC(C)C2=O)cc1. The molecule has 1 aliphatic heterocycles. The van der Waals surface area contributed by atoms with Crippen LogP contribution >= 0.6 is 0 Å². The van der Waals surface area contributed by atoms with Gasteiger partial charge in [-0.1, -0.05) is 0 Å². The molecule has 19 heavy (non-hydrogen) atoms. The van der Waals surface area contributed by atoms with Crippen molar-refractivity contribution in [3.8, 4) is 5.75 Å². The van der Waals surface area contributed by atoms with Gasteiger partial charge in [0.2, 0.25) is 5.91 Å². The van der Waals surface area contributed by atoms with Crippen molar-refractivity contribution in [1.82, 2.24) is 5.32 Å². The number of benzene rings is 1. The molecule has 104 valence electrons. The molecule has 1 N–H and O–H groups in total. The first-order valence-corrected chi connectivity index (χ1v) is 6.75. The molecule has 1 saturated heterocycles. The first-order chi connectivity index (χ1) is 8.93. The van der Waals surface area contributed by atoms with Gasteiger partial charge in [0.25, 0.3) is 0 Å². The first kappa shape index (κ1) is 13.9. The summed E-state index contributed by atoms with van der Waals surface area (Å²) < 4.78 is 5.42. The summed E-state index contributed by atoms with van der Waals surface area (Å²) in [7, 11) is 0. The van der Waals surface area contributed by atoms with Crippen molar-refractivity contribution in [2.75, 3.05) is 18.1 Å². The number of nitrogens with zero attached hydrogens (tertiary/aromatic N) is 1. The molecule has 0 saturated carbocycles. The fraction of sp³-hybridized carbons (Fsp3) is 0.533. The molecular weight excluding hydrogens is 240 g/mol. The Balaban J connectivity index is 2.21. The van der Waals surface area contributed by atoms with E-state index in [9.17, 15) is 4.79 Å². The van der Waals surface area contributed by atoms with Gasteiger partial charge in [-0.05, 0) is 52.0 Å². The van der Waals surface area contributed by atoms with E-state index in [1.165, 1.54) is 0 Å². The zero-order valence-electron chi connectivity index (χ0n) is 12.1. The maximum atomic E-state index is 12.3. The standard InChI is InChI=1S/C15H22N2O2/c1-5-19-13-8-6-12(7-9-13)17-10-15(3,4)16-11(2)14(17)18/h6-9,11,16H,5,10H2,1-4H3. The molecule has 1 fully saturated rings. The van der Waals surface area contributed by atoms with Gasteiger partial charge in [0, 0.05) is 17.8 Å². The van der Waals surface area contributed by atoms with Crippen LogP contribution in [0.5, 0.6) is 5.75 Å². The minimum Gasteiger partial charge on any atom is -0.494 e. The quantitative estimate of drug-likeness (QED) is 0.908. The first-order valence-electron chi connectivity index (χ1n) is 6.75. The second-order valence-electron chi connectivity index (χ2n) is 5.60. The van der Waals surface area contributed by atoms with Gasteiger partial charge in [-0.25, -0.2) is 0 Å². The molecule has 1 aliphatic rings. The highest BCUT2D eigenvalue weighted by Gasteiger charge is 2.36. The lowest BCUT2D eigenvalue weighted by atomic mass is 9.98. The lowest BCUT2D eigenvalue weighted by Gasteiger charge is -2.42. The van der Waals surface area contributed by atoms with Crippen LogP contribution in [0.3, 0.4) is 0 Å². The third kappa shape index (κ3) is 3.07. The molecule has 2 rings (SSSR count). The number of carbonyl (C=O) groups excluding carboxylic acids is 1. The predicted octanol–water partition coefficient (Wildman–Crippen LogP) is 2.19. The zero-order valence-corrected chi connectivity index (χ0v) is 12.1. The highest BCUT2D eigenvalue weighted by molar-refractivity contribution is 5.98. The summed E-state index contributed by atoms with van der Waals surface area (Å²) in [6.45, 7) is 9.40. The Kier molecular flexibility index (Phi) is 3.80. The van der Waals surface area contributed by atoms with Crippen molar-refractivity contribution in [3.63, 3.8) is 0 Å². The molecule has 1 atom stereocenters. The van der Waals surface area contributed by atoms with E-state index in [4.69, 9.17) is 4.74 Å². The highest BCUT2D eigenvalue weighted by atomic mass is 16.5. The molecular formula is C15H22N2O2. The van der Waals surface area contributed by atoms with Gasteiger partial charge in [-0.3, -0.25) is 10.1 Å². The van der Waals surface area contributed by atoms with E-state index in [0.717, 1.165) is 11.4 Å². The van der Waals surface area contributed by atoms with E-state index in [0.29, 0.717) is 13.2 Å². The summed E-state index contributed by atoms with van der Waals surface area (Å²) in [5, 5.41) is 3.32. The minimum atomic E-state index is -0.157. The number of nitrogens with one attached hydrogen (secondary N) is 1. The molecule has 0 aliphatic carbocycles. The predicted molar refractivity (Wildman–Crippen MR) is 76.6 cm³/mol. The average Bonchev–Trinajstić information content (AvgIpc) is 2.35. The van der Waals surface area contributed by atoms with Crippen molar-refractivity contribution in [2.24, 2.45) is 0 Å². The van der Waals surface area contributed by atoms with E-state index in [1.807, 2.05) is 43.0 Å². The summed E-state index contributed by atoms with van der Waals surface area (Å²) in [5.74, 6) is 0.949. The number of anilines is 1. The number of amides is 1. The number of rotatable bonds is 3. The maximum Gasteiger partial charge on any atom is 0.243 e. The molecule has 1 heterocycles. The Labute approximate surface area is 114 Å². The van der Waals surface area contributed by atoms with E-state index < -0.39 is 0 Å². The van der Waals surface area contributed by atoms with Crippen LogP contribution in [-0.4, -0.2) is 30.6 Å². The van der Waals surface area contributed by atoms with Crippen molar-refractivity contribution in [2.45, 2.75) is 39.3 Å². The Morgan fingerprint density at radius 3 is 2.58 bits per heavy atom. The number of ether oxygens (including phenoxy) is 1. The second-order valence-corrected chi connectivity index (χ2v) is 5.60. The van der Waals surface area contributed by atoms with Gasteiger partial charge >= 0.3 is 0 Å². The summed E-state index contributed by atoms with van der Waals surface area (Å²) in [4.78, 5) is 14.1. The number of piperazine rings is 1. The molecule has 4 heteroatoms. The molecule has 1 aromatic rings. The average molecular weight is 262 g/mol. The Hall–Kier alpha value is -1.55. The molecule has 4 nitrogen and oxygen atoms in total. The van der Waals surface area contributed by atoms with Crippen LogP contribution in [0.2, 0.25) is 0 Å². The lowest BCUT2D eigenvalue weighted by molar-refractivity contribution is -0.122. The molecule has 0 spiro atoms. The molecule has 0 radical (unpaired) electrons. The van der Waals surface area contributed by atoms with E-state index in [-0.39, 0.29) is 17.5 Å². The van der Waals surface area contributed by atoms with Gasteiger partial charge in [-0.2, -0.15) is 0 Å². The van der Waals surface area contributed by atoms with E-state index >= 15 is 0 Å². The number of hydrogen-bond acceptors (Lipinski definition) is 3. The van der Waals surface area contributed by atoms with Crippen LogP contribution in [0, 0.1) is 0 Å². The number of carbonyl (C=O) groups is 1. The third-order valence-corrected chi connectivity index (χ3v) is 3.26. The molecule has 0 bridgehead atoms. The molecule has 1 unspecified atom stereocenters. The second kappa shape index (κ2) is 5.21. The van der Waals surface area contributed by atoms with E-state index in [2.05, 4.69) is 19.2 Å². The maximum absolute atomic E-state index is 12.3. The molecule has 1 amide bonds. The van der Waals surface area contributed by atoms with E-state index in [1.54, 1.807) is 0 Å². The normalized spacial score (nSPS) is 22.4. The van der Waals surface area contributed by atoms with Crippen molar-refractivity contribution in [1.29, 1.82) is 0 Å². The van der Waals surface area contributed by atoms with Gasteiger partial charge in [0.05, 0.1) is 12.6 Å².